The van der Waals surface area contributed by atoms with Crippen LogP contribution in [-0.2, 0) is 4.79 Å². The normalized spacial score (nSPS) is 14.8. The molecular weight excluding hydrogens is 335 g/mol. The Labute approximate surface area is 151 Å². The van der Waals surface area contributed by atoms with Gasteiger partial charge in [-0.15, -0.1) is 0 Å². The van der Waals surface area contributed by atoms with Crippen molar-refractivity contribution in [1.82, 2.24) is 4.90 Å². The van der Waals surface area contributed by atoms with Crippen LogP contribution in [0.3, 0.4) is 0 Å². The summed E-state index contributed by atoms with van der Waals surface area (Å²) in [5, 5.41) is 2.90. The molecule has 26 heavy (non-hydrogen) atoms. The van der Waals surface area contributed by atoms with E-state index in [4.69, 9.17) is 4.74 Å². The van der Waals surface area contributed by atoms with Crippen LogP contribution in [0.4, 0.5) is 10.1 Å². The number of ether oxygens (including phenoxy) is 1. The lowest BCUT2D eigenvalue weighted by molar-refractivity contribution is -0.121. The average molecular weight is 356 g/mol. The molecule has 1 saturated heterocycles. The first-order valence-electron chi connectivity index (χ1n) is 8.57. The summed E-state index contributed by atoms with van der Waals surface area (Å²) in [5.74, 6) is -0.588. The maximum absolute atomic E-state index is 13.5. The van der Waals surface area contributed by atoms with Crippen LogP contribution in [0, 0.1) is 11.7 Å². The Balaban J connectivity index is 1.60. The van der Waals surface area contributed by atoms with Gasteiger partial charge in [0.05, 0.1) is 12.7 Å². The van der Waals surface area contributed by atoms with Gasteiger partial charge < -0.3 is 15.0 Å². The highest BCUT2D eigenvalue weighted by atomic mass is 19.1. The molecule has 0 unspecified atom stereocenters. The number of anilines is 1. The lowest BCUT2D eigenvalue weighted by Crippen LogP contribution is -2.41. The molecule has 6 heteroatoms. The Morgan fingerprint density at radius 3 is 2.46 bits per heavy atom. The van der Waals surface area contributed by atoms with Crippen molar-refractivity contribution in [2.24, 2.45) is 5.92 Å². The molecule has 2 aromatic rings. The zero-order valence-corrected chi connectivity index (χ0v) is 14.6. The maximum Gasteiger partial charge on any atom is 0.257 e. The third-order valence-electron chi connectivity index (χ3n) is 4.59. The van der Waals surface area contributed by atoms with Gasteiger partial charge in [0.1, 0.15) is 11.6 Å². The molecule has 2 aromatic carbocycles. The van der Waals surface area contributed by atoms with Gasteiger partial charge in [0.25, 0.3) is 5.91 Å². The number of hydrogen-bond donors (Lipinski definition) is 1. The van der Waals surface area contributed by atoms with Crippen molar-refractivity contribution in [1.29, 1.82) is 0 Å². The van der Waals surface area contributed by atoms with E-state index in [1.807, 2.05) is 30.3 Å². The molecule has 1 aliphatic heterocycles. The second-order valence-electron chi connectivity index (χ2n) is 6.27. The van der Waals surface area contributed by atoms with Gasteiger partial charge in [-0.3, -0.25) is 9.59 Å². The van der Waals surface area contributed by atoms with Crippen LogP contribution in [0.25, 0.3) is 0 Å². The number of nitrogens with zero attached hydrogens (tertiary/aromatic N) is 1. The van der Waals surface area contributed by atoms with Crippen LogP contribution in [-0.4, -0.2) is 36.9 Å². The summed E-state index contributed by atoms with van der Waals surface area (Å²) < 4.78 is 18.7. The van der Waals surface area contributed by atoms with E-state index in [2.05, 4.69) is 5.32 Å². The molecule has 0 saturated carbocycles. The van der Waals surface area contributed by atoms with Gasteiger partial charge in [-0.25, -0.2) is 4.39 Å². The van der Waals surface area contributed by atoms with Crippen molar-refractivity contribution in [3.63, 3.8) is 0 Å². The molecular formula is C20H21FN2O3. The van der Waals surface area contributed by atoms with Gasteiger partial charge in [0.2, 0.25) is 5.91 Å². The molecule has 0 spiro atoms. The lowest BCUT2D eigenvalue weighted by Gasteiger charge is -2.31. The molecule has 0 radical (unpaired) electrons. The van der Waals surface area contributed by atoms with Crippen LogP contribution < -0.4 is 10.1 Å². The van der Waals surface area contributed by atoms with Gasteiger partial charge in [0.15, 0.2) is 0 Å². The third kappa shape index (κ3) is 4.02. The second kappa shape index (κ2) is 7.99. The molecule has 0 aliphatic carbocycles. The van der Waals surface area contributed by atoms with Crippen molar-refractivity contribution in [3.8, 4) is 5.75 Å². The second-order valence-corrected chi connectivity index (χ2v) is 6.27. The standard InChI is InChI=1S/C20H21FN2O3/c1-26-18-8-7-15(21)13-17(18)20(25)23-11-9-14(10-12-23)19(24)22-16-5-3-2-4-6-16/h2-8,13-14H,9-12H2,1H3,(H,22,24). The monoisotopic (exact) mass is 356 g/mol. The molecule has 136 valence electrons. The van der Waals surface area contributed by atoms with Crippen LogP contribution in [0.1, 0.15) is 23.2 Å². The van der Waals surface area contributed by atoms with Crippen LogP contribution in [0.15, 0.2) is 48.5 Å². The predicted octanol–water partition coefficient (Wildman–Crippen LogP) is 3.33. The number of methoxy groups -OCH3 is 1. The fourth-order valence-corrected chi connectivity index (χ4v) is 3.13. The summed E-state index contributed by atoms with van der Waals surface area (Å²) in [6.45, 7) is 0.900. The summed E-state index contributed by atoms with van der Waals surface area (Å²) >= 11 is 0. The number of amides is 2. The van der Waals surface area contributed by atoms with Crippen LogP contribution in [0.2, 0.25) is 0 Å². The molecule has 0 atom stereocenters. The summed E-state index contributed by atoms with van der Waals surface area (Å²) in [5.41, 5.74) is 0.972. The van der Waals surface area contributed by atoms with Gasteiger partial charge in [-0.2, -0.15) is 0 Å². The Morgan fingerprint density at radius 2 is 1.81 bits per heavy atom. The minimum absolute atomic E-state index is 0.0355. The summed E-state index contributed by atoms with van der Waals surface area (Å²) in [7, 11) is 1.45. The smallest absolute Gasteiger partial charge is 0.257 e. The minimum atomic E-state index is -0.480. The number of piperidine rings is 1. The topological polar surface area (TPSA) is 58.6 Å². The Bertz CT molecular complexity index is 787. The molecule has 5 nitrogen and oxygen atoms in total. The summed E-state index contributed by atoms with van der Waals surface area (Å²) in [6.07, 6.45) is 1.14. The van der Waals surface area contributed by atoms with Crippen LogP contribution in [0.5, 0.6) is 5.75 Å². The molecule has 0 bridgehead atoms. The van der Waals surface area contributed by atoms with Crippen molar-refractivity contribution in [2.75, 3.05) is 25.5 Å². The Morgan fingerprint density at radius 1 is 1.12 bits per heavy atom. The number of hydrogen-bond acceptors (Lipinski definition) is 3. The zero-order valence-electron chi connectivity index (χ0n) is 14.6. The fraction of sp³-hybridized carbons (Fsp3) is 0.300. The number of halogens is 1. The maximum atomic E-state index is 13.5. The van der Waals surface area contributed by atoms with Gasteiger partial charge in [0, 0.05) is 24.7 Å². The number of nitrogens with one attached hydrogen (secondary N) is 1. The quantitative estimate of drug-likeness (QED) is 0.914. The number of carbonyl (C=O) groups is 2. The van der Waals surface area contributed by atoms with Crippen molar-refractivity contribution >= 4 is 17.5 Å². The molecule has 2 amide bonds. The zero-order chi connectivity index (χ0) is 18.5. The highest BCUT2D eigenvalue weighted by Gasteiger charge is 2.29. The molecule has 1 fully saturated rings. The average Bonchev–Trinajstić information content (AvgIpc) is 2.68. The number of carbonyl (C=O) groups excluding carboxylic acids is 2. The first-order valence-corrected chi connectivity index (χ1v) is 8.57. The largest absolute Gasteiger partial charge is 0.496 e. The first kappa shape index (κ1) is 17.9. The summed E-state index contributed by atoms with van der Waals surface area (Å²) in [6, 6.07) is 13.2. The number of rotatable bonds is 4. The van der Waals surface area contributed by atoms with Crippen molar-refractivity contribution < 1.29 is 18.7 Å². The van der Waals surface area contributed by atoms with E-state index >= 15 is 0 Å². The number of para-hydroxylation sites is 1. The predicted molar refractivity (Wildman–Crippen MR) is 96.7 cm³/mol. The highest BCUT2D eigenvalue weighted by Crippen LogP contribution is 2.25. The SMILES string of the molecule is COc1ccc(F)cc1C(=O)N1CCC(C(=O)Nc2ccccc2)CC1. The number of benzene rings is 2. The highest BCUT2D eigenvalue weighted by molar-refractivity contribution is 5.97. The summed E-state index contributed by atoms with van der Waals surface area (Å²) in [4.78, 5) is 26.7. The Kier molecular flexibility index (Phi) is 5.51. The lowest BCUT2D eigenvalue weighted by atomic mass is 9.95. The molecule has 0 aromatic heterocycles. The van der Waals surface area contributed by atoms with E-state index in [0.29, 0.717) is 31.7 Å². The Hall–Kier alpha value is -2.89. The van der Waals surface area contributed by atoms with Crippen molar-refractivity contribution in [3.05, 3.63) is 59.9 Å². The molecule has 1 heterocycles. The fourth-order valence-electron chi connectivity index (χ4n) is 3.13. The van der Waals surface area contributed by atoms with E-state index in [1.165, 1.54) is 25.3 Å². The van der Waals surface area contributed by atoms with Crippen molar-refractivity contribution in [2.45, 2.75) is 12.8 Å². The van der Waals surface area contributed by atoms with E-state index in [1.54, 1.807) is 4.90 Å². The van der Waals surface area contributed by atoms with Gasteiger partial charge in [-0.05, 0) is 43.2 Å². The van der Waals surface area contributed by atoms with Gasteiger partial charge in [-0.1, -0.05) is 18.2 Å². The molecule has 3 rings (SSSR count). The third-order valence-corrected chi connectivity index (χ3v) is 4.59. The number of likely N-dealkylation sites (tertiary alicyclic amines) is 1. The van der Waals surface area contributed by atoms with E-state index < -0.39 is 5.82 Å². The molecule has 1 aliphatic rings. The van der Waals surface area contributed by atoms with Crippen LogP contribution >= 0.6 is 0 Å². The van der Waals surface area contributed by atoms with E-state index in [9.17, 15) is 14.0 Å². The molecule has 1 N–H and O–H groups in total. The van der Waals surface area contributed by atoms with E-state index in [0.717, 1.165) is 5.69 Å². The minimum Gasteiger partial charge on any atom is -0.496 e. The van der Waals surface area contributed by atoms with Gasteiger partial charge >= 0.3 is 0 Å². The first-order chi connectivity index (χ1) is 12.6. The van der Waals surface area contributed by atoms with E-state index in [-0.39, 0.29) is 23.3 Å².